The lowest BCUT2D eigenvalue weighted by Gasteiger charge is -2.03. The van der Waals surface area contributed by atoms with Crippen LogP contribution in [-0.4, -0.2) is 17.2 Å². The first-order valence-electron chi connectivity index (χ1n) is 7.11. The van der Waals surface area contributed by atoms with E-state index in [2.05, 4.69) is 0 Å². The van der Waals surface area contributed by atoms with Crippen LogP contribution in [0.25, 0.3) is 33.1 Å². The summed E-state index contributed by atoms with van der Waals surface area (Å²) < 4.78 is 6.01. The van der Waals surface area contributed by atoms with Crippen molar-refractivity contribution in [3.63, 3.8) is 0 Å². The second-order valence-electron chi connectivity index (χ2n) is 5.24. The molecule has 4 rings (SSSR count). The molecule has 4 heteroatoms. The second kappa shape index (κ2) is 5.02. The zero-order chi connectivity index (χ0) is 15.1. The number of para-hydroxylation sites is 1. The van der Waals surface area contributed by atoms with Gasteiger partial charge in [-0.3, -0.25) is 0 Å². The topological polar surface area (TPSA) is 53.6 Å². The van der Waals surface area contributed by atoms with Gasteiger partial charge in [-0.05, 0) is 17.1 Å². The summed E-state index contributed by atoms with van der Waals surface area (Å²) in [6.45, 7) is 0. The molecule has 0 amide bonds. The lowest BCUT2D eigenvalue weighted by molar-refractivity contribution is 0.426. The van der Waals surface area contributed by atoms with E-state index in [1.54, 1.807) is 12.1 Å². The van der Waals surface area contributed by atoms with Crippen LogP contribution in [0.4, 0.5) is 0 Å². The van der Waals surface area contributed by atoms with E-state index in [-0.39, 0.29) is 0 Å². The zero-order valence-electron chi connectivity index (χ0n) is 11.7. The van der Waals surface area contributed by atoms with Crippen LogP contribution in [0, 0.1) is 0 Å². The van der Waals surface area contributed by atoms with Crippen molar-refractivity contribution in [3.05, 3.63) is 66.7 Å². The molecule has 0 spiro atoms. The Kier molecular flexibility index (Phi) is 3.00. The zero-order valence-corrected chi connectivity index (χ0v) is 11.7. The number of hydrogen-bond acceptors (Lipinski definition) is 3. The third-order valence-electron chi connectivity index (χ3n) is 3.92. The lowest BCUT2D eigenvalue weighted by Crippen LogP contribution is -2.30. The summed E-state index contributed by atoms with van der Waals surface area (Å²) in [5.41, 5.74) is 3.94. The van der Waals surface area contributed by atoms with E-state index in [9.17, 15) is 10.0 Å². The number of benzene rings is 3. The molecule has 0 aliphatic heterocycles. The van der Waals surface area contributed by atoms with Gasteiger partial charge < -0.3 is 14.5 Å². The molecule has 0 unspecified atom stereocenters. The molecule has 0 aliphatic rings. The van der Waals surface area contributed by atoms with Crippen molar-refractivity contribution < 1.29 is 14.5 Å². The SMILES string of the molecule is OB(O)c1cccc2oc3c(-c4ccccc4)cccc3c12. The highest BCUT2D eigenvalue weighted by molar-refractivity contribution is 6.62. The van der Waals surface area contributed by atoms with E-state index < -0.39 is 7.12 Å². The predicted octanol–water partition coefficient (Wildman–Crippen LogP) is 2.93. The second-order valence-corrected chi connectivity index (χ2v) is 5.24. The van der Waals surface area contributed by atoms with Gasteiger partial charge in [0.1, 0.15) is 11.2 Å². The molecular formula is C18H13BO3. The molecule has 0 aliphatic carbocycles. The third-order valence-corrected chi connectivity index (χ3v) is 3.92. The van der Waals surface area contributed by atoms with Crippen LogP contribution in [0.3, 0.4) is 0 Å². The fraction of sp³-hybridized carbons (Fsp3) is 0. The van der Waals surface area contributed by atoms with Crippen LogP contribution in [0.5, 0.6) is 0 Å². The Bertz CT molecular complexity index is 958. The van der Waals surface area contributed by atoms with Crippen LogP contribution in [0.15, 0.2) is 71.1 Å². The Morgan fingerprint density at radius 1 is 0.773 bits per heavy atom. The van der Waals surface area contributed by atoms with Gasteiger partial charge in [-0.1, -0.05) is 60.7 Å². The number of rotatable bonds is 2. The molecule has 0 atom stereocenters. The van der Waals surface area contributed by atoms with Gasteiger partial charge in [0.05, 0.1) is 0 Å². The summed E-state index contributed by atoms with van der Waals surface area (Å²) in [4.78, 5) is 0. The quantitative estimate of drug-likeness (QED) is 0.558. The predicted molar refractivity (Wildman–Crippen MR) is 89.0 cm³/mol. The van der Waals surface area contributed by atoms with Gasteiger partial charge in [0.15, 0.2) is 0 Å². The summed E-state index contributed by atoms with van der Waals surface area (Å²) >= 11 is 0. The van der Waals surface area contributed by atoms with E-state index in [1.807, 2.05) is 54.6 Å². The highest BCUT2D eigenvalue weighted by Gasteiger charge is 2.20. The summed E-state index contributed by atoms with van der Waals surface area (Å²) in [7, 11) is -1.52. The van der Waals surface area contributed by atoms with Gasteiger partial charge in [-0.2, -0.15) is 0 Å². The maximum atomic E-state index is 9.60. The molecular weight excluding hydrogens is 275 g/mol. The molecule has 1 heterocycles. The molecule has 0 saturated carbocycles. The van der Waals surface area contributed by atoms with Gasteiger partial charge in [-0.15, -0.1) is 0 Å². The average Bonchev–Trinajstić information content (AvgIpc) is 2.94. The Hall–Kier alpha value is -2.56. The molecule has 22 heavy (non-hydrogen) atoms. The van der Waals surface area contributed by atoms with E-state index in [4.69, 9.17) is 4.42 Å². The summed E-state index contributed by atoms with van der Waals surface area (Å²) in [5.74, 6) is 0. The molecule has 0 saturated heterocycles. The summed E-state index contributed by atoms with van der Waals surface area (Å²) in [6.07, 6.45) is 0. The summed E-state index contributed by atoms with van der Waals surface area (Å²) in [5, 5.41) is 20.8. The largest absolute Gasteiger partial charge is 0.489 e. The van der Waals surface area contributed by atoms with Crippen LogP contribution in [-0.2, 0) is 0 Å². The van der Waals surface area contributed by atoms with Crippen molar-refractivity contribution in [2.24, 2.45) is 0 Å². The highest BCUT2D eigenvalue weighted by atomic mass is 16.4. The normalized spacial score (nSPS) is 11.2. The molecule has 106 valence electrons. The smallest absolute Gasteiger partial charge is 0.455 e. The minimum Gasteiger partial charge on any atom is -0.455 e. The number of hydrogen-bond donors (Lipinski definition) is 2. The average molecular weight is 288 g/mol. The lowest BCUT2D eigenvalue weighted by atomic mass is 9.77. The Morgan fingerprint density at radius 2 is 1.55 bits per heavy atom. The van der Waals surface area contributed by atoms with Crippen LogP contribution in [0.1, 0.15) is 0 Å². The molecule has 1 aromatic heterocycles. The molecule has 0 fully saturated rings. The van der Waals surface area contributed by atoms with E-state index >= 15 is 0 Å². The van der Waals surface area contributed by atoms with Crippen LogP contribution >= 0.6 is 0 Å². The molecule has 2 N–H and O–H groups in total. The first-order valence-corrected chi connectivity index (χ1v) is 7.11. The Morgan fingerprint density at radius 3 is 2.32 bits per heavy atom. The molecule has 4 aromatic rings. The fourth-order valence-corrected chi connectivity index (χ4v) is 2.94. The minimum absolute atomic E-state index is 0.460. The maximum absolute atomic E-state index is 9.60. The standard InChI is InChI=1S/C18H13BO3/c20-19(21)15-10-5-11-16-17(15)14-9-4-8-13(18(14)22-16)12-6-2-1-3-7-12/h1-11,20-21H. The third kappa shape index (κ3) is 1.93. The maximum Gasteiger partial charge on any atom is 0.489 e. The van der Waals surface area contributed by atoms with Crippen molar-refractivity contribution in [2.45, 2.75) is 0 Å². The van der Waals surface area contributed by atoms with Gasteiger partial charge in [0.2, 0.25) is 0 Å². The van der Waals surface area contributed by atoms with Gasteiger partial charge in [0.25, 0.3) is 0 Å². The number of furan rings is 1. The van der Waals surface area contributed by atoms with Crippen LogP contribution < -0.4 is 5.46 Å². The van der Waals surface area contributed by atoms with Crippen molar-refractivity contribution in [1.82, 2.24) is 0 Å². The van der Waals surface area contributed by atoms with Gasteiger partial charge in [0, 0.05) is 16.3 Å². The Labute approximate surface area is 127 Å². The van der Waals surface area contributed by atoms with Gasteiger partial charge in [-0.25, -0.2) is 0 Å². The molecule has 0 bridgehead atoms. The molecule has 3 nitrogen and oxygen atoms in total. The van der Waals surface area contributed by atoms with Crippen molar-refractivity contribution >= 4 is 34.5 Å². The number of fused-ring (bicyclic) bond motifs is 3. The van der Waals surface area contributed by atoms with Crippen LogP contribution in [0.2, 0.25) is 0 Å². The minimum atomic E-state index is -1.52. The fourth-order valence-electron chi connectivity index (χ4n) is 2.94. The first kappa shape index (κ1) is 13.1. The van der Waals surface area contributed by atoms with Gasteiger partial charge >= 0.3 is 7.12 Å². The van der Waals surface area contributed by atoms with E-state index in [0.717, 1.165) is 27.5 Å². The van der Waals surface area contributed by atoms with Crippen molar-refractivity contribution in [1.29, 1.82) is 0 Å². The summed E-state index contributed by atoms with van der Waals surface area (Å²) in [6, 6.07) is 21.2. The Balaban J connectivity index is 2.11. The molecule has 0 radical (unpaired) electrons. The van der Waals surface area contributed by atoms with Crippen molar-refractivity contribution in [2.75, 3.05) is 0 Å². The first-order chi connectivity index (χ1) is 10.8. The van der Waals surface area contributed by atoms with E-state index in [0.29, 0.717) is 11.0 Å². The monoisotopic (exact) mass is 288 g/mol. The highest BCUT2D eigenvalue weighted by Crippen LogP contribution is 2.34. The van der Waals surface area contributed by atoms with E-state index in [1.165, 1.54) is 0 Å². The van der Waals surface area contributed by atoms with Crippen molar-refractivity contribution in [3.8, 4) is 11.1 Å². The molecule has 3 aromatic carbocycles.